The Hall–Kier alpha value is -4.15. The van der Waals surface area contributed by atoms with Crippen LogP contribution in [0.2, 0.25) is 0 Å². The molecule has 0 spiro atoms. The highest BCUT2D eigenvalue weighted by atomic mass is 16.5. The number of para-hydroxylation sites is 1. The zero-order chi connectivity index (χ0) is 25.9. The van der Waals surface area contributed by atoms with Crippen LogP contribution in [0.3, 0.4) is 0 Å². The highest BCUT2D eigenvalue weighted by Crippen LogP contribution is 2.19. The van der Waals surface area contributed by atoms with Gasteiger partial charge >= 0.3 is 11.7 Å². The minimum absolute atomic E-state index is 0.0243. The molecule has 3 rings (SSSR count). The Labute approximate surface area is 200 Å². The summed E-state index contributed by atoms with van der Waals surface area (Å²) in [6, 6.07) is 6.43. The number of rotatable bonds is 9. The molecule has 1 aromatic carbocycles. The number of carbonyl (C=O) groups excluding carboxylic acids is 3. The molecule has 1 amide bonds. The van der Waals surface area contributed by atoms with Crippen molar-refractivity contribution in [2.45, 2.75) is 39.8 Å². The second kappa shape index (κ2) is 10.4. The van der Waals surface area contributed by atoms with E-state index in [0.29, 0.717) is 0 Å². The quantitative estimate of drug-likeness (QED) is 0.299. The van der Waals surface area contributed by atoms with Crippen molar-refractivity contribution in [2.75, 3.05) is 12.3 Å². The van der Waals surface area contributed by atoms with Crippen molar-refractivity contribution in [3.05, 3.63) is 62.4 Å². The monoisotopic (exact) mass is 483 g/mol. The van der Waals surface area contributed by atoms with E-state index in [2.05, 4.69) is 10.3 Å². The predicted octanol–water partition coefficient (Wildman–Crippen LogP) is 0.740. The van der Waals surface area contributed by atoms with Crippen molar-refractivity contribution in [1.82, 2.24) is 19.4 Å². The molecule has 0 saturated heterocycles. The smallest absolute Gasteiger partial charge is 0.332 e. The molecular formula is C24H29N5O6. The molecule has 2 heterocycles. The number of benzene rings is 1. The molecule has 186 valence electrons. The first-order valence-electron chi connectivity index (χ1n) is 11.1. The third-order valence-electron chi connectivity index (χ3n) is 5.52. The minimum atomic E-state index is -1.06. The Balaban J connectivity index is 1.82. The lowest BCUT2D eigenvalue weighted by Crippen LogP contribution is -2.45. The van der Waals surface area contributed by atoms with E-state index in [1.807, 2.05) is 38.1 Å². The summed E-state index contributed by atoms with van der Waals surface area (Å²) in [6.07, 6.45) is 1.86. The highest BCUT2D eigenvalue weighted by molar-refractivity contribution is 6.01. The number of nitrogens with two attached hydrogens (primary N) is 1. The van der Waals surface area contributed by atoms with Crippen LogP contribution >= 0.6 is 0 Å². The van der Waals surface area contributed by atoms with Gasteiger partial charge in [-0.15, -0.1) is 0 Å². The Morgan fingerprint density at radius 3 is 2.51 bits per heavy atom. The van der Waals surface area contributed by atoms with Gasteiger partial charge in [-0.2, -0.15) is 0 Å². The summed E-state index contributed by atoms with van der Waals surface area (Å²) >= 11 is 0. The second-order valence-electron chi connectivity index (χ2n) is 8.76. The molecule has 11 nitrogen and oxygen atoms in total. The molecule has 0 aliphatic carbocycles. The van der Waals surface area contributed by atoms with Crippen LogP contribution in [0, 0.1) is 5.92 Å². The molecule has 4 N–H and O–H groups in total. The lowest BCUT2D eigenvalue weighted by Gasteiger charge is -2.18. The fraction of sp³-hybridized carbons (Fsp3) is 0.375. The van der Waals surface area contributed by atoms with Crippen LogP contribution in [0.5, 0.6) is 0 Å². The Kier molecular flexibility index (Phi) is 7.58. The maximum atomic E-state index is 12.9. The number of ketones is 1. The van der Waals surface area contributed by atoms with Gasteiger partial charge in [0.05, 0.1) is 0 Å². The molecular weight excluding hydrogens is 454 g/mol. The number of anilines is 1. The summed E-state index contributed by atoms with van der Waals surface area (Å²) in [4.78, 5) is 65.5. The number of nitrogens with zero attached hydrogens (tertiary/aromatic N) is 2. The van der Waals surface area contributed by atoms with Crippen molar-refractivity contribution >= 4 is 34.4 Å². The maximum absolute atomic E-state index is 12.9. The Morgan fingerprint density at radius 2 is 1.86 bits per heavy atom. The molecule has 0 bridgehead atoms. The number of nitrogens with one attached hydrogen (secondary N) is 2. The topological polar surface area (TPSA) is 158 Å². The van der Waals surface area contributed by atoms with Crippen LogP contribution in [-0.4, -0.2) is 44.4 Å². The zero-order valence-electron chi connectivity index (χ0n) is 20.1. The van der Waals surface area contributed by atoms with Gasteiger partial charge < -0.3 is 20.8 Å². The first-order chi connectivity index (χ1) is 16.5. The Morgan fingerprint density at radius 1 is 1.17 bits per heavy atom. The van der Waals surface area contributed by atoms with Gasteiger partial charge in [0.1, 0.15) is 17.4 Å². The van der Waals surface area contributed by atoms with Gasteiger partial charge in [0, 0.05) is 44.0 Å². The van der Waals surface area contributed by atoms with E-state index in [4.69, 9.17) is 10.5 Å². The fourth-order valence-electron chi connectivity index (χ4n) is 3.86. The number of amides is 1. The molecule has 2 aromatic heterocycles. The molecule has 1 atom stereocenters. The number of H-pyrrole nitrogens is 1. The van der Waals surface area contributed by atoms with Gasteiger partial charge in [0.15, 0.2) is 6.61 Å². The first kappa shape index (κ1) is 25.5. The van der Waals surface area contributed by atoms with Crippen LogP contribution in [0.25, 0.3) is 10.9 Å². The lowest BCUT2D eigenvalue weighted by atomic mass is 10.0. The largest absolute Gasteiger partial charge is 0.456 e. The van der Waals surface area contributed by atoms with Crippen LogP contribution in [0.15, 0.2) is 40.1 Å². The van der Waals surface area contributed by atoms with Crippen molar-refractivity contribution in [2.24, 2.45) is 13.0 Å². The number of nitrogen functional groups attached to an aromatic ring is 1. The number of hydrogen-bond acceptors (Lipinski definition) is 7. The van der Waals surface area contributed by atoms with Gasteiger partial charge in [-0.3, -0.25) is 23.5 Å². The standard InChI is InChI=1S/C24H29N5O6/c1-13(2)11-29-21(25)20(22(32)28(4)24(29)34)19(31)12-35-23(33)18(27-14(3)30)9-15-10-26-17-8-6-5-7-16(15)17/h5-8,10,13,18,26H,9,11-12,25H2,1-4H3,(H,27,30). The summed E-state index contributed by atoms with van der Waals surface area (Å²) in [7, 11) is 1.25. The first-order valence-corrected chi connectivity index (χ1v) is 11.1. The number of fused-ring (bicyclic) bond motifs is 1. The van der Waals surface area contributed by atoms with E-state index in [1.54, 1.807) is 6.20 Å². The van der Waals surface area contributed by atoms with Crippen molar-refractivity contribution in [3.63, 3.8) is 0 Å². The SMILES string of the molecule is CC(=O)NC(Cc1c[nH]c2ccccc12)C(=O)OCC(=O)c1c(N)n(CC(C)C)c(=O)n(C)c1=O. The maximum Gasteiger partial charge on any atom is 0.332 e. The number of esters is 1. The normalized spacial score (nSPS) is 12.0. The minimum Gasteiger partial charge on any atom is -0.456 e. The molecule has 0 fully saturated rings. The fourth-order valence-corrected chi connectivity index (χ4v) is 3.86. The van der Waals surface area contributed by atoms with E-state index < -0.39 is 47.1 Å². The second-order valence-corrected chi connectivity index (χ2v) is 8.76. The van der Waals surface area contributed by atoms with Crippen LogP contribution in [0.4, 0.5) is 5.82 Å². The molecule has 0 aliphatic heterocycles. The number of aromatic amines is 1. The summed E-state index contributed by atoms with van der Waals surface area (Å²) in [6.45, 7) is 4.41. The van der Waals surface area contributed by atoms with Gasteiger partial charge in [0.2, 0.25) is 11.7 Å². The number of hydrogen-bond donors (Lipinski definition) is 3. The third-order valence-corrected chi connectivity index (χ3v) is 5.52. The predicted molar refractivity (Wildman–Crippen MR) is 130 cm³/mol. The number of ether oxygens (including phenoxy) is 1. The molecule has 0 radical (unpaired) electrons. The van der Waals surface area contributed by atoms with Gasteiger partial charge in [-0.05, 0) is 17.5 Å². The summed E-state index contributed by atoms with van der Waals surface area (Å²) in [5.41, 5.74) is 5.72. The highest BCUT2D eigenvalue weighted by Gasteiger charge is 2.26. The molecule has 3 aromatic rings. The average molecular weight is 484 g/mol. The molecule has 1 unspecified atom stereocenters. The van der Waals surface area contributed by atoms with Crippen LogP contribution in [-0.2, 0) is 34.3 Å². The molecule has 11 heteroatoms. The van der Waals surface area contributed by atoms with E-state index >= 15 is 0 Å². The molecule has 35 heavy (non-hydrogen) atoms. The van der Waals surface area contributed by atoms with Crippen molar-refractivity contribution < 1.29 is 19.1 Å². The van der Waals surface area contributed by atoms with Crippen molar-refractivity contribution in [1.29, 1.82) is 0 Å². The van der Waals surface area contributed by atoms with Gasteiger partial charge in [-0.1, -0.05) is 32.0 Å². The number of Topliss-reactive ketones (excluding diaryl/α,β-unsaturated/α-hetero) is 1. The summed E-state index contributed by atoms with van der Waals surface area (Å²) in [5.74, 6) is -2.38. The lowest BCUT2D eigenvalue weighted by molar-refractivity contribution is -0.146. The van der Waals surface area contributed by atoms with Crippen molar-refractivity contribution in [3.8, 4) is 0 Å². The molecule has 0 aliphatic rings. The van der Waals surface area contributed by atoms with E-state index in [1.165, 1.54) is 14.0 Å². The van der Waals surface area contributed by atoms with E-state index in [0.717, 1.165) is 25.6 Å². The van der Waals surface area contributed by atoms with Crippen LogP contribution < -0.4 is 22.3 Å². The summed E-state index contributed by atoms with van der Waals surface area (Å²) < 4.78 is 7.13. The molecule has 0 saturated carbocycles. The zero-order valence-corrected chi connectivity index (χ0v) is 20.1. The summed E-state index contributed by atoms with van der Waals surface area (Å²) in [5, 5.41) is 3.43. The average Bonchev–Trinajstić information content (AvgIpc) is 3.21. The Bertz CT molecular complexity index is 1400. The van der Waals surface area contributed by atoms with Gasteiger partial charge in [-0.25, -0.2) is 9.59 Å². The number of carbonyl (C=O) groups is 3. The van der Waals surface area contributed by atoms with E-state index in [-0.39, 0.29) is 24.7 Å². The third kappa shape index (κ3) is 5.51. The van der Waals surface area contributed by atoms with Crippen LogP contribution in [0.1, 0.15) is 36.7 Å². The van der Waals surface area contributed by atoms with Gasteiger partial charge in [0.25, 0.3) is 5.56 Å². The number of aromatic nitrogens is 3. The van der Waals surface area contributed by atoms with E-state index in [9.17, 15) is 24.0 Å².